The van der Waals surface area contributed by atoms with Crippen LogP contribution in [0.4, 0.5) is 0 Å². The molecule has 0 aliphatic heterocycles. The van der Waals surface area contributed by atoms with E-state index in [0.29, 0.717) is 0 Å². The monoisotopic (exact) mass is 255 g/mol. The van der Waals surface area contributed by atoms with Crippen LogP contribution in [-0.4, -0.2) is 13.6 Å². The molecule has 0 atom stereocenters. The van der Waals surface area contributed by atoms with E-state index in [1.54, 1.807) is 0 Å². The first-order valence-electron chi connectivity index (χ1n) is 5.13. The maximum atomic E-state index is 3.56. The number of unbranched alkanes of at least 4 members (excludes halogenated alkanes) is 1. The van der Waals surface area contributed by atoms with Crippen molar-refractivity contribution < 1.29 is 0 Å². The van der Waals surface area contributed by atoms with Crippen molar-refractivity contribution in [1.82, 2.24) is 5.32 Å². The quantitative estimate of drug-likeness (QED) is 0.797. The summed E-state index contributed by atoms with van der Waals surface area (Å²) in [5, 5.41) is 3.17. The van der Waals surface area contributed by atoms with Crippen LogP contribution in [0.1, 0.15) is 24.0 Å². The highest BCUT2D eigenvalue weighted by Crippen LogP contribution is 2.18. The van der Waals surface area contributed by atoms with Crippen molar-refractivity contribution in [3.63, 3.8) is 0 Å². The van der Waals surface area contributed by atoms with Gasteiger partial charge in [-0.3, -0.25) is 0 Å². The van der Waals surface area contributed by atoms with Gasteiger partial charge in [0, 0.05) is 4.47 Å². The Morgan fingerprint density at radius 2 is 2.07 bits per heavy atom. The van der Waals surface area contributed by atoms with Crippen LogP contribution >= 0.6 is 15.9 Å². The van der Waals surface area contributed by atoms with E-state index in [1.165, 1.54) is 34.9 Å². The summed E-state index contributed by atoms with van der Waals surface area (Å²) in [6.45, 7) is 3.24. The molecule has 0 heterocycles. The van der Waals surface area contributed by atoms with Gasteiger partial charge in [-0.15, -0.1) is 0 Å². The van der Waals surface area contributed by atoms with E-state index in [2.05, 4.69) is 46.4 Å². The first-order valence-corrected chi connectivity index (χ1v) is 5.93. The molecule has 0 aromatic heterocycles. The number of hydrogen-bond acceptors (Lipinski definition) is 1. The molecule has 78 valence electrons. The Morgan fingerprint density at radius 1 is 1.29 bits per heavy atom. The maximum absolute atomic E-state index is 3.56. The Bertz CT molecular complexity index is 284. The van der Waals surface area contributed by atoms with Crippen LogP contribution in [-0.2, 0) is 6.42 Å². The molecule has 0 saturated heterocycles. The summed E-state index contributed by atoms with van der Waals surface area (Å²) < 4.78 is 1.23. The topological polar surface area (TPSA) is 12.0 Å². The van der Waals surface area contributed by atoms with E-state index in [1.807, 2.05) is 7.05 Å². The van der Waals surface area contributed by atoms with Gasteiger partial charge in [-0.25, -0.2) is 0 Å². The van der Waals surface area contributed by atoms with Crippen LogP contribution in [0.25, 0.3) is 0 Å². The third-order valence-corrected chi connectivity index (χ3v) is 3.23. The summed E-state index contributed by atoms with van der Waals surface area (Å²) in [7, 11) is 2.00. The summed E-state index contributed by atoms with van der Waals surface area (Å²) in [5.74, 6) is 0. The van der Waals surface area contributed by atoms with Crippen molar-refractivity contribution in [2.24, 2.45) is 0 Å². The minimum atomic E-state index is 1.12. The second-order valence-corrected chi connectivity index (χ2v) is 4.50. The average Bonchev–Trinajstić information content (AvgIpc) is 2.18. The van der Waals surface area contributed by atoms with Crippen molar-refractivity contribution in [2.45, 2.75) is 26.2 Å². The third kappa shape index (κ3) is 3.81. The number of nitrogens with one attached hydrogen (secondary N) is 1. The molecular weight excluding hydrogens is 238 g/mol. The Hall–Kier alpha value is -0.340. The standard InChI is InChI=1S/C12H18BrN/c1-10-6-7-11(9-12(10)13)5-3-4-8-14-2/h6-7,9,14H,3-5,8H2,1-2H3. The minimum absolute atomic E-state index is 1.12. The smallest absolute Gasteiger partial charge is 0.0207 e. The average molecular weight is 256 g/mol. The third-order valence-electron chi connectivity index (χ3n) is 2.38. The van der Waals surface area contributed by atoms with Crippen LogP contribution in [0.15, 0.2) is 22.7 Å². The largest absolute Gasteiger partial charge is 0.320 e. The molecule has 1 nitrogen and oxygen atoms in total. The van der Waals surface area contributed by atoms with Crippen molar-refractivity contribution in [3.8, 4) is 0 Å². The van der Waals surface area contributed by atoms with Gasteiger partial charge < -0.3 is 5.32 Å². The first kappa shape index (κ1) is 11.7. The summed E-state index contributed by atoms with van der Waals surface area (Å²) in [4.78, 5) is 0. The minimum Gasteiger partial charge on any atom is -0.320 e. The molecule has 0 spiro atoms. The summed E-state index contributed by atoms with van der Waals surface area (Å²) in [6.07, 6.45) is 3.69. The molecule has 0 radical (unpaired) electrons. The molecule has 0 amide bonds. The van der Waals surface area contributed by atoms with E-state index < -0.39 is 0 Å². The van der Waals surface area contributed by atoms with Gasteiger partial charge in [-0.2, -0.15) is 0 Å². The lowest BCUT2D eigenvalue weighted by Gasteiger charge is -2.04. The molecule has 1 aromatic carbocycles. The van der Waals surface area contributed by atoms with E-state index in [-0.39, 0.29) is 0 Å². The van der Waals surface area contributed by atoms with Gasteiger partial charge in [0.1, 0.15) is 0 Å². The second kappa shape index (κ2) is 6.20. The molecule has 1 aromatic rings. The summed E-state index contributed by atoms with van der Waals surface area (Å²) in [6, 6.07) is 6.63. The predicted molar refractivity (Wildman–Crippen MR) is 65.7 cm³/mol. The molecule has 2 heteroatoms. The van der Waals surface area contributed by atoms with Crippen LogP contribution in [0.5, 0.6) is 0 Å². The fourth-order valence-electron chi connectivity index (χ4n) is 1.42. The van der Waals surface area contributed by atoms with Gasteiger partial charge in [-0.05, 0) is 57.0 Å². The van der Waals surface area contributed by atoms with Crippen molar-refractivity contribution >= 4 is 15.9 Å². The maximum Gasteiger partial charge on any atom is 0.0207 e. The zero-order chi connectivity index (χ0) is 10.4. The number of halogens is 1. The summed E-state index contributed by atoms with van der Waals surface area (Å²) >= 11 is 3.56. The number of benzene rings is 1. The lowest BCUT2D eigenvalue weighted by atomic mass is 10.1. The zero-order valence-corrected chi connectivity index (χ0v) is 10.5. The van der Waals surface area contributed by atoms with Gasteiger partial charge in [0.25, 0.3) is 0 Å². The Morgan fingerprint density at radius 3 is 2.71 bits per heavy atom. The van der Waals surface area contributed by atoms with E-state index >= 15 is 0 Å². The first-order chi connectivity index (χ1) is 6.74. The molecule has 0 bridgehead atoms. The lowest BCUT2D eigenvalue weighted by Crippen LogP contribution is -2.07. The van der Waals surface area contributed by atoms with Crippen LogP contribution in [0, 0.1) is 6.92 Å². The van der Waals surface area contributed by atoms with Gasteiger partial charge in [0.05, 0.1) is 0 Å². The SMILES string of the molecule is CNCCCCc1ccc(C)c(Br)c1. The normalized spacial score (nSPS) is 10.5. The fourth-order valence-corrected chi connectivity index (χ4v) is 1.85. The van der Waals surface area contributed by atoms with Crippen molar-refractivity contribution in [3.05, 3.63) is 33.8 Å². The van der Waals surface area contributed by atoms with Crippen LogP contribution in [0.2, 0.25) is 0 Å². The van der Waals surface area contributed by atoms with Gasteiger partial charge >= 0.3 is 0 Å². The predicted octanol–water partition coefficient (Wildman–Crippen LogP) is 3.30. The number of hydrogen-bond donors (Lipinski definition) is 1. The second-order valence-electron chi connectivity index (χ2n) is 3.64. The molecule has 1 rings (SSSR count). The van der Waals surface area contributed by atoms with E-state index in [9.17, 15) is 0 Å². The van der Waals surface area contributed by atoms with Crippen molar-refractivity contribution in [1.29, 1.82) is 0 Å². The lowest BCUT2D eigenvalue weighted by molar-refractivity contribution is 0.677. The number of aryl methyl sites for hydroxylation is 2. The highest BCUT2D eigenvalue weighted by molar-refractivity contribution is 9.10. The summed E-state index contributed by atoms with van der Waals surface area (Å²) in [5.41, 5.74) is 2.74. The van der Waals surface area contributed by atoms with E-state index in [0.717, 1.165) is 6.54 Å². The molecule has 14 heavy (non-hydrogen) atoms. The van der Waals surface area contributed by atoms with Crippen molar-refractivity contribution in [2.75, 3.05) is 13.6 Å². The Labute approximate surface area is 95.0 Å². The highest BCUT2D eigenvalue weighted by Gasteiger charge is 1.97. The Balaban J connectivity index is 2.39. The fraction of sp³-hybridized carbons (Fsp3) is 0.500. The molecule has 0 unspecified atom stereocenters. The molecule has 0 fully saturated rings. The Kier molecular flexibility index (Phi) is 5.20. The molecule has 0 saturated carbocycles. The molecule has 0 aliphatic carbocycles. The number of rotatable bonds is 5. The van der Waals surface area contributed by atoms with Gasteiger partial charge in [0.2, 0.25) is 0 Å². The molecule has 1 N–H and O–H groups in total. The van der Waals surface area contributed by atoms with Crippen LogP contribution < -0.4 is 5.32 Å². The van der Waals surface area contributed by atoms with E-state index in [4.69, 9.17) is 0 Å². The molecule has 0 aliphatic rings. The van der Waals surface area contributed by atoms with Gasteiger partial charge in [0.15, 0.2) is 0 Å². The van der Waals surface area contributed by atoms with Crippen LogP contribution in [0.3, 0.4) is 0 Å². The zero-order valence-electron chi connectivity index (χ0n) is 8.94. The molecular formula is C12H18BrN. The highest BCUT2D eigenvalue weighted by atomic mass is 79.9. The van der Waals surface area contributed by atoms with Gasteiger partial charge in [-0.1, -0.05) is 28.1 Å².